The number of carbonyl (C=O) groups is 2. The van der Waals surface area contributed by atoms with Gasteiger partial charge in [0.05, 0.1) is 0 Å². The smallest absolute Gasteiger partial charge is 0.417 e. The number of carboxylic acids is 1. The van der Waals surface area contributed by atoms with Gasteiger partial charge in [-0.2, -0.15) is 0 Å². The molecule has 1 fully saturated rings. The van der Waals surface area contributed by atoms with E-state index in [4.69, 9.17) is 31.5 Å². The number of rotatable bonds is 1. The van der Waals surface area contributed by atoms with Crippen molar-refractivity contribution in [2.45, 2.75) is 71.1 Å². The number of hydrogen-bond donors (Lipinski definition) is 4. The zero-order chi connectivity index (χ0) is 17.5. The second-order valence-electron chi connectivity index (χ2n) is 6.32. The van der Waals surface area contributed by atoms with Crippen LogP contribution in [0.1, 0.15) is 53.4 Å². The van der Waals surface area contributed by atoms with Crippen molar-refractivity contribution in [2.75, 3.05) is 0 Å². The Morgan fingerprint density at radius 1 is 1.23 bits per heavy atom. The molecule has 6 N–H and O–H groups in total. The first-order chi connectivity index (χ1) is 9.94. The van der Waals surface area contributed by atoms with Gasteiger partial charge in [0.15, 0.2) is 5.96 Å². The van der Waals surface area contributed by atoms with E-state index >= 15 is 0 Å². The number of hydrogen-bond acceptors (Lipinski definition) is 5. The maximum atomic E-state index is 12.0. The monoisotopic (exact) mass is 316 g/mol. The molecule has 1 saturated carbocycles. The molecule has 8 nitrogen and oxygen atoms in total. The van der Waals surface area contributed by atoms with E-state index in [9.17, 15) is 4.79 Å². The molecule has 0 unspecified atom stereocenters. The molecular formula is C14H28N4O4. The number of nitrogens with two attached hydrogens (primary N) is 2. The number of carboxylic acid groups (broad SMARTS) is 1. The summed E-state index contributed by atoms with van der Waals surface area (Å²) in [6, 6.07) is 0.117. The van der Waals surface area contributed by atoms with E-state index in [0.717, 1.165) is 32.6 Å². The molecule has 128 valence electrons. The number of ether oxygens (including phenoxy) is 1. The van der Waals surface area contributed by atoms with Gasteiger partial charge in [-0.15, -0.1) is 0 Å². The number of nitrogens with one attached hydrogen (secondary N) is 1. The lowest BCUT2D eigenvalue weighted by Gasteiger charge is -2.35. The summed E-state index contributed by atoms with van der Waals surface area (Å²) >= 11 is 0. The van der Waals surface area contributed by atoms with Gasteiger partial charge >= 0.3 is 6.09 Å². The average molecular weight is 316 g/mol. The Hall–Kier alpha value is -1.83. The number of guanidine groups is 1. The van der Waals surface area contributed by atoms with Gasteiger partial charge in [-0.25, -0.2) is 9.69 Å². The third-order valence-electron chi connectivity index (χ3n) is 2.96. The quantitative estimate of drug-likeness (QED) is 0.426. The number of amides is 1. The Kier molecular flexibility index (Phi) is 7.86. The summed E-state index contributed by atoms with van der Waals surface area (Å²) in [5.74, 6) is -1.09. The van der Waals surface area contributed by atoms with Crippen molar-refractivity contribution in [3.63, 3.8) is 0 Å². The van der Waals surface area contributed by atoms with Crippen molar-refractivity contribution in [3.8, 4) is 0 Å². The lowest BCUT2D eigenvalue weighted by atomic mass is 9.91. The van der Waals surface area contributed by atoms with E-state index in [2.05, 4.69) is 0 Å². The van der Waals surface area contributed by atoms with E-state index in [1.54, 1.807) is 20.8 Å². The molecule has 0 bridgehead atoms. The third kappa shape index (κ3) is 8.46. The standard InChI is InChI=1S/C12H24N4O2.C2H4O2/c1-12(2,3)18-11(17)16(10(14)15)9-6-4-8(13)5-7-9;1-2(3)4/h8-9H,4-7,13H2,1-3H3,(H3,14,15);1H3,(H,3,4)/t8-,9-;. The fraction of sp³-hybridized carbons (Fsp3) is 0.786. The maximum absolute atomic E-state index is 12.0. The zero-order valence-electron chi connectivity index (χ0n) is 13.8. The topological polar surface area (TPSA) is 143 Å². The van der Waals surface area contributed by atoms with Gasteiger partial charge < -0.3 is 21.3 Å². The van der Waals surface area contributed by atoms with Gasteiger partial charge in [0, 0.05) is 19.0 Å². The van der Waals surface area contributed by atoms with Crippen LogP contribution in [-0.4, -0.2) is 45.7 Å². The van der Waals surface area contributed by atoms with Crippen LogP contribution in [-0.2, 0) is 9.53 Å². The molecule has 1 aliphatic rings. The second kappa shape index (κ2) is 8.57. The SMILES string of the molecule is CC(=O)O.CC(C)(C)OC(=O)N(C(=N)N)[C@H]1CC[C@H](N)CC1. The Morgan fingerprint density at radius 2 is 1.64 bits per heavy atom. The van der Waals surface area contributed by atoms with Gasteiger partial charge in [-0.05, 0) is 46.5 Å². The molecule has 0 saturated heterocycles. The number of nitrogens with zero attached hydrogens (tertiary/aromatic N) is 1. The van der Waals surface area contributed by atoms with Gasteiger partial charge in [0.25, 0.3) is 5.97 Å². The second-order valence-corrected chi connectivity index (χ2v) is 6.32. The first-order valence-corrected chi connectivity index (χ1v) is 7.25. The third-order valence-corrected chi connectivity index (χ3v) is 2.96. The average Bonchev–Trinajstić information content (AvgIpc) is 2.28. The predicted molar refractivity (Wildman–Crippen MR) is 83.5 cm³/mol. The highest BCUT2D eigenvalue weighted by atomic mass is 16.6. The molecule has 0 heterocycles. The van der Waals surface area contributed by atoms with Crippen molar-refractivity contribution in [1.82, 2.24) is 4.90 Å². The Balaban J connectivity index is 0.000000980. The molecule has 0 spiro atoms. The van der Waals surface area contributed by atoms with Crippen LogP contribution < -0.4 is 11.5 Å². The summed E-state index contributed by atoms with van der Waals surface area (Å²) in [4.78, 5) is 22.3. The minimum atomic E-state index is -0.833. The highest BCUT2D eigenvalue weighted by Crippen LogP contribution is 2.23. The van der Waals surface area contributed by atoms with E-state index in [0.29, 0.717) is 0 Å². The molecule has 0 radical (unpaired) electrons. The molecule has 22 heavy (non-hydrogen) atoms. The minimum Gasteiger partial charge on any atom is -0.481 e. The van der Waals surface area contributed by atoms with Crippen molar-refractivity contribution in [3.05, 3.63) is 0 Å². The van der Waals surface area contributed by atoms with Gasteiger partial charge in [0.2, 0.25) is 0 Å². The molecule has 0 aliphatic heterocycles. The highest BCUT2D eigenvalue weighted by molar-refractivity contribution is 5.91. The number of carbonyl (C=O) groups excluding carboxylic acids is 1. The lowest BCUT2D eigenvalue weighted by Crippen LogP contribution is -2.51. The minimum absolute atomic E-state index is 0.0721. The van der Waals surface area contributed by atoms with Crippen LogP contribution in [0.3, 0.4) is 0 Å². The van der Waals surface area contributed by atoms with Crippen molar-refractivity contribution >= 4 is 18.0 Å². The molecule has 1 rings (SSSR count). The summed E-state index contributed by atoms with van der Waals surface area (Å²) in [7, 11) is 0. The zero-order valence-corrected chi connectivity index (χ0v) is 13.8. The van der Waals surface area contributed by atoms with Gasteiger partial charge in [-0.1, -0.05) is 0 Å². The molecule has 0 aromatic rings. The summed E-state index contributed by atoms with van der Waals surface area (Å²) in [6.45, 7) is 6.46. The van der Waals surface area contributed by atoms with Crippen LogP contribution in [0.5, 0.6) is 0 Å². The van der Waals surface area contributed by atoms with Crippen LogP contribution >= 0.6 is 0 Å². The fourth-order valence-corrected chi connectivity index (χ4v) is 2.12. The van der Waals surface area contributed by atoms with Crippen molar-refractivity contribution < 1.29 is 19.4 Å². The molecule has 8 heteroatoms. The van der Waals surface area contributed by atoms with Crippen LogP contribution in [0.15, 0.2) is 0 Å². The van der Waals surface area contributed by atoms with Gasteiger partial charge in [-0.3, -0.25) is 10.2 Å². The van der Waals surface area contributed by atoms with Gasteiger partial charge in [0.1, 0.15) is 5.60 Å². The summed E-state index contributed by atoms with van der Waals surface area (Å²) in [5, 5.41) is 15.0. The normalized spacial score (nSPS) is 21.1. The van der Waals surface area contributed by atoms with Crippen molar-refractivity contribution in [1.29, 1.82) is 5.41 Å². The van der Waals surface area contributed by atoms with E-state index < -0.39 is 17.7 Å². The Labute approximate surface area is 131 Å². The van der Waals surface area contributed by atoms with Crippen LogP contribution in [0.2, 0.25) is 0 Å². The first kappa shape index (κ1) is 20.2. The van der Waals surface area contributed by atoms with Crippen molar-refractivity contribution in [2.24, 2.45) is 11.5 Å². The molecular weight excluding hydrogens is 288 g/mol. The maximum Gasteiger partial charge on any atom is 0.417 e. The molecule has 0 aromatic carbocycles. The summed E-state index contributed by atoms with van der Waals surface area (Å²) in [6.07, 6.45) is 2.67. The largest absolute Gasteiger partial charge is 0.481 e. The summed E-state index contributed by atoms with van der Waals surface area (Å²) in [5.41, 5.74) is 10.7. The molecule has 1 aliphatic carbocycles. The first-order valence-electron chi connectivity index (χ1n) is 7.25. The van der Waals surface area contributed by atoms with E-state index in [1.165, 1.54) is 4.90 Å². The van der Waals surface area contributed by atoms with Crippen LogP contribution in [0.25, 0.3) is 0 Å². The van der Waals surface area contributed by atoms with E-state index in [1.807, 2.05) is 0 Å². The number of aliphatic carboxylic acids is 1. The molecule has 1 amide bonds. The van der Waals surface area contributed by atoms with Crippen LogP contribution in [0, 0.1) is 5.41 Å². The molecule has 0 aromatic heterocycles. The highest BCUT2D eigenvalue weighted by Gasteiger charge is 2.32. The fourth-order valence-electron chi connectivity index (χ4n) is 2.12. The van der Waals surface area contributed by atoms with Crippen LogP contribution in [0.4, 0.5) is 4.79 Å². The molecule has 0 atom stereocenters. The van der Waals surface area contributed by atoms with E-state index in [-0.39, 0.29) is 18.0 Å². The Morgan fingerprint density at radius 3 is 1.95 bits per heavy atom. The Bertz CT molecular complexity index is 394. The summed E-state index contributed by atoms with van der Waals surface area (Å²) < 4.78 is 5.28. The predicted octanol–water partition coefficient (Wildman–Crippen LogP) is 1.48. The lowest BCUT2D eigenvalue weighted by molar-refractivity contribution is -0.134.